The van der Waals surface area contributed by atoms with Crippen LogP contribution in [0.15, 0.2) is 36.7 Å². The van der Waals surface area contributed by atoms with Crippen molar-refractivity contribution in [3.8, 4) is 16.9 Å². The highest BCUT2D eigenvalue weighted by atomic mass is 32.1. The number of ether oxygens (including phenoxy) is 1. The zero-order chi connectivity index (χ0) is 16.4. The van der Waals surface area contributed by atoms with Crippen LogP contribution in [0.25, 0.3) is 21.3 Å². The second-order valence-electron chi connectivity index (χ2n) is 4.63. The van der Waals surface area contributed by atoms with E-state index >= 15 is 0 Å². The third kappa shape index (κ3) is 3.42. The van der Waals surface area contributed by atoms with Gasteiger partial charge in [-0.1, -0.05) is 17.4 Å². The van der Waals surface area contributed by atoms with Crippen LogP contribution >= 0.6 is 11.3 Å². The van der Waals surface area contributed by atoms with Crippen molar-refractivity contribution >= 4 is 32.6 Å². The number of aromatic nitrogens is 2. The molecule has 23 heavy (non-hydrogen) atoms. The predicted octanol–water partition coefficient (Wildman–Crippen LogP) is 3.92. The van der Waals surface area contributed by atoms with E-state index in [4.69, 9.17) is 0 Å². The fourth-order valence-corrected chi connectivity index (χ4v) is 3.04. The quantitative estimate of drug-likeness (QED) is 0.785. The van der Waals surface area contributed by atoms with Gasteiger partial charge in [-0.05, 0) is 23.8 Å². The predicted molar refractivity (Wildman–Crippen MR) is 83.8 cm³/mol. The molecule has 0 aliphatic rings. The molecule has 3 rings (SSSR count). The summed E-state index contributed by atoms with van der Waals surface area (Å²) in [7, 11) is 0. The normalized spacial score (nSPS) is 11.0. The van der Waals surface area contributed by atoms with Crippen LogP contribution in [0.3, 0.4) is 0 Å². The average molecular weight is 335 g/mol. The molecule has 0 aliphatic heterocycles. The van der Waals surface area contributed by atoms with Gasteiger partial charge in [0, 0.05) is 24.9 Å². The van der Waals surface area contributed by atoms with Crippen molar-refractivity contribution in [1.29, 1.82) is 0 Å². The molecule has 1 aromatic carbocycles. The first-order valence-electron chi connectivity index (χ1n) is 6.60. The maximum Gasteiger partial charge on any atom is 0.387 e. The molecule has 3 aromatic rings. The van der Waals surface area contributed by atoms with Gasteiger partial charge in [0.05, 0.1) is 10.2 Å². The number of carbonyl (C=O) groups is 1. The minimum atomic E-state index is -2.91. The number of alkyl halides is 2. The molecule has 118 valence electrons. The highest BCUT2D eigenvalue weighted by Gasteiger charge is 2.13. The van der Waals surface area contributed by atoms with Crippen molar-refractivity contribution in [2.75, 3.05) is 5.32 Å². The third-order valence-corrected chi connectivity index (χ3v) is 3.91. The van der Waals surface area contributed by atoms with Gasteiger partial charge >= 0.3 is 6.61 Å². The number of halogens is 2. The maximum absolute atomic E-state index is 12.5. The molecule has 0 saturated heterocycles. The highest BCUT2D eigenvalue weighted by molar-refractivity contribution is 7.22. The van der Waals surface area contributed by atoms with E-state index in [1.54, 1.807) is 18.2 Å². The van der Waals surface area contributed by atoms with E-state index in [-0.39, 0.29) is 11.7 Å². The summed E-state index contributed by atoms with van der Waals surface area (Å²) < 4.78 is 30.4. The first-order chi connectivity index (χ1) is 11.0. The number of anilines is 1. The van der Waals surface area contributed by atoms with Gasteiger partial charge in [-0.3, -0.25) is 9.78 Å². The van der Waals surface area contributed by atoms with Crippen molar-refractivity contribution in [2.45, 2.75) is 13.5 Å². The zero-order valence-electron chi connectivity index (χ0n) is 11.9. The first kappa shape index (κ1) is 15.3. The van der Waals surface area contributed by atoms with E-state index in [0.29, 0.717) is 21.8 Å². The van der Waals surface area contributed by atoms with Crippen LogP contribution in [0.5, 0.6) is 5.75 Å². The number of hydrogen-bond donors (Lipinski definition) is 1. The summed E-state index contributed by atoms with van der Waals surface area (Å²) in [5, 5.41) is 3.11. The lowest BCUT2D eigenvalue weighted by Gasteiger charge is -2.09. The van der Waals surface area contributed by atoms with Gasteiger partial charge in [0.15, 0.2) is 5.13 Å². The second kappa shape index (κ2) is 6.25. The molecule has 2 heterocycles. The van der Waals surface area contributed by atoms with Crippen molar-refractivity contribution in [2.24, 2.45) is 0 Å². The third-order valence-electron chi connectivity index (χ3n) is 2.98. The Kier molecular flexibility index (Phi) is 4.16. The fraction of sp³-hybridized carbons (Fsp3) is 0.133. The average Bonchev–Trinajstić information content (AvgIpc) is 2.87. The number of nitrogens with zero attached hydrogens (tertiary/aromatic N) is 2. The summed E-state index contributed by atoms with van der Waals surface area (Å²) in [6.45, 7) is -1.50. The number of fused-ring (bicyclic) bond motifs is 1. The van der Waals surface area contributed by atoms with Gasteiger partial charge in [0.25, 0.3) is 0 Å². The number of amides is 1. The minimum Gasteiger partial charge on any atom is -0.434 e. The number of hydrogen-bond acceptors (Lipinski definition) is 5. The summed E-state index contributed by atoms with van der Waals surface area (Å²) in [6, 6.07) is 6.69. The summed E-state index contributed by atoms with van der Waals surface area (Å²) in [5.41, 5.74) is 1.85. The molecule has 2 aromatic heterocycles. The monoisotopic (exact) mass is 335 g/mol. The Morgan fingerprint density at radius 3 is 2.91 bits per heavy atom. The second-order valence-corrected chi connectivity index (χ2v) is 5.66. The van der Waals surface area contributed by atoms with Gasteiger partial charge < -0.3 is 10.1 Å². The van der Waals surface area contributed by atoms with Crippen LogP contribution in [0.2, 0.25) is 0 Å². The van der Waals surface area contributed by atoms with Gasteiger partial charge in [-0.15, -0.1) is 0 Å². The molecule has 0 unspecified atom stereocenters. The number of benzene rings is 1. The van der Waals surface area contributed by atoms with Crippen molar-refractivity contribution in [3.63, 3.8) is 0 Å². The van der Waals surface area contributed by atoms with E-state index in [1.807, 2.05) is 0 Å². The lowest BCUT2D eigenvalue weighted by Crippen LogP contribution is -2.04. The largest absolute Gasteiger partial charge is 0.434 e. The molecule has 0 spiro atoms. The molecule has 1 N–H and O–H groups in total. The van der Waals surface area contributed by atoms with E-state index < -0.39 is 6.61 Å². The number of pyridine rings is 1. The molecule has 5 nitrogen and oxygen atoms in total. The Labute approximate surface area is 134 Å². The van der Waals surface area contributed by atoms with Crippen LogP contribution in [0, 0.1) is 0 Å². The summed E-state index contributed by atoms with van der Waals surface area (Å²) in [6.07, 6.45) is 2.86. The molecule has 8 heteroatoms. The lowest BCUT2D eigenvalue weighted by molar-refractivity contribution is -0.114. The summed E-state index contributed by atoms with van der Waals surface area (Å²) in [4.78, 5) is 19.3. The Morgan fingerprint density at radius 2 is 2.17 bits per heavy atom. The van der Waals surface area contributed by atoms with Gasteiger partial charge in [-0.2, -0.15) is 8.78 Å². The van der Waals surface area contributed by atoms with E-state index in [2.05, 4.69) is 20.0 Å². The number of rotatable bonds is 4. The van der Waals surface area contributed by atoms with Crippen LogP contribution < -0.4 is 10.1 Å². The van der Waals surface area contributed by atoms with E-state index in [0.717, 1.165) is 4.70 Å². The van der Waals surface area contributed by atoms with Crippen molar-refractivity contribution < 1.29 is 18.3 Å². The standard InChI is InChI=1S/C15H11F2N3O2S/c1-8(21)19-15-20-11-3-2-9(6-13(11)23-15)10-7-18-5-4-12(10)22-14(16)17/h2-7,14H,1H3,(H,19,20,21). The Bertz CT molecular complexity index is 867. The Hall–Kier alpha value is -2.61. The topological polar surface area (TPSA) is 64.1 Å². The Morgan fingerprint density at radius 1 is 1.35 bits per heavy atom. The van der Waals surface area contributed by atoms with Crippen LogP contribution in [0.4, 0.5) is 13.9 Å². The number of thiazole rings is 1. The van der Waals surface area contributed by atoms with Gasteiger partial charge in [-0.25, -0.2) is 4.98 Å². The molecule has 0 saturated carbocycles. The van der Waals surface area contributed by atoms with Crippen LogP contribution in [-0.2, 0) is 4.79 Å². The number of nitrogens with one attached hydrogen (secondary N) is 1. The highest BCUT2D eigenvalue weighted by Crippen LogP contribution is 2.34. The lowest BCUT2D eigenvalue weighted by atomic mass is 10.1. The fourth-order valence-electron chi connectivity index (χ4n) is 2.09. The van der Waals surface area contributed by atoms with Gasteiger partial charge in [0.2, 0.25) is 5.91 Å². The summed E-state index contributed by atoms with van der Waals surface area (Å²) in [5.74, 6) is -0.148. The SMILES string of the molecule is CC(=O)Nc1nc2ccc(-c3cnccc3OC(F)F)cc2s1. The zero-order valence-corrected chi connectivity index (χ0v) is 12.7. The molecule has 0 bridgehead atoms. The molecular formula is C15H11F2N3O2S. The van der Waals surface area contributed by atoms with Crippen molar-refractivity contribution in [3.05, 3.63) is 36.7 Å². The van der Waals surface area contributed by atoms with Crippen molar-refractivity contribution in [1.82, 2.24) is 9.97 Å². The maximum atomic E-state index is 12.5. The van der Waals surface area contributed by atoms with Gasteiger partial charge in [0.1, 0.15) is 5.75 Å². The van der Waals surface area contributed by atoms with Crippen LogP contribution in [0.1, 0.15) is 6.92 Å². The molecule has 0 atom stereocenters. The summed E-state index contributed by atoms with van der Waals surface area (Å²) >= 11 is 1.30. The Balaban J connectivity index is 2.02. The molecule has 0 radical (unpaired) electrons. The minimum absolute atomic E-state index is 0.0564. The van der Waals surface area contributed by atoms with E-state index in [9.17, 15) is 13.6 Å². The first-order valence-corrected chi connectivity index (χ1v) is 7.42. The molecular weight excluding hydrogens is 324 g/mol. The number of carbonyl (C=O) groups excluding carboxylic acids is 1. The smallest absolute Gasteiger partial charge is 0.387 e. The molecule has 1 amide bonds. The van der Waals surface area contributed by atoms with E-state index in [1.165, 1.54) is 36.7 Å². The molecule has 0 aliphatic carbocycles. The molecule has 0 fully saturated rings. The van der Waals surface area contributed by atoms with Crippen LogP contribution in [-0.4, -0.2) is 22.5 Å².